The van der Waals surface area contributed by atoms with Gasteiger partial charge in [-0.25, -0.2) is 0 Å². The van der Waals surface area contributed by atoms with E-state index in [0.29, 0.717) is 17.3 Å². The molecule has 2 rings (SSSR count). The standard InChI is InChI=1S/C18H24NO/c1-16(2)19(3,14-17-10-6-4-7-11-17)20-15-18-12-8-5-9-13-18/h4-13,16H,14-15H2,1-3H3/q+1. The molecule has 0 aliphatic carbocycles. The predicted molar refractivity (Wildman–Crippen MR) is 82.7 cm³/mol. The van der Waals surface area contributed by atoms with Gasteiger partial charge >= 0.3 is 0 Å². The van der Waals surface area contributed by atoms with Crippen molar-refractivity contribution in [3.05, 3.63) is 71.8 Å². The van der Waals surface area contributed by atoms with Crippen LogP contribution in [-0.4, -0.2) is 17.7 Å². The Kier molecular flexibility index (Phi) is 4.94. The van der Waals surface area contributed by atoms with E-state index in [9.17, 15) is 0 Å². The number of hydrogen-bond donors (Lipinski definition) is 0. The highest BCUT2D eigenvalue weighted by atomic mass is 16.7. The molecule has 0 saturated heterocycles. The van der Waals surface area contributed by atoms with Gasteiger partial charge in [-0.1, -0.05) is 60.7 Å². The van der Waals surface area contributed by atoms with E-state index in [1.54, 1.807) is 0 Å². The zero-order valence-corrected chi connectivity index (χ0v) is 12.6. The molecular formula is C18H24NO+. The van der Waals surface area contributed by atoms with Crippen LogP contribution in [0.15, 0.2) is 60.7 Å². The van der Waals surface area contributed by atoms with Crippen molar-refractivity contribution in [1.29, 1.82) is 0 Å². The Balaban J connectivity index is 2.05. The first-order chi connectivity index (χ1) is 9.60. The highest BCUT2D eigenvalue weighted by molar-refractivity contribution is 5.14. The van der Waals surface area contributed by atoms with E-state index in [0.717, 1.165) is 6.54 Å². The molecule has 0 bridgehead atoms. The summed E-state index contributed by atoms with van der Waals surface area (Å²) in [7, 11) is 2.15. The molecule has 0 heterocycles. The highest BCUT2D eigenvalue weighted by Crippen LogP contribution is 2.19. The first-order valence-corrected chi connectivity index (χ1v) is 7.18. The normalized spacial score (nSPS) is 14.2. The van der Waals surface area contributed by atoms with Crippen LogP contribution < -0.4 is 0 Å². The summed E-state index contributed by atoms with van der Waals surface area (Å²) in [6.45, 7) is 5.93. The van der Waals surface area contributed by atoms with Crippen LogP contribution in [0.3, 0.4) is 0 Å². The average Bonchev–Trinajstić information content (AvgIpc) is 2.47. The first-order valence-electron chi connectivity index (χ1n) is 7.18. The van der Waals surface area contributed by atoms with Crippen molar-refractivity contribution >= 4 is 0 Å². The van der Waals surface area contributed by atoms with Gasteiger partial charge in [0, 0.05) is 5.56 Å². The van der Waals surface area contributed by atoms with Crippen LogP contribution in [0.4, 0.5) is 0 Å². The molecule has 0 aliphatic rings. The predicted octanol–water partition coefficient (Wildman–Crippen LogP) is 4.17. The van der Waals surface area contributed by atoms with Crippen LogP contribution in [0.25, 0.3) is 0 Å². The van der Waals surface area contributed by atoms with E-state index >= 15 is 0 Å². The number of hydroxylamine groups is 3. The molecule has 0 aromatic heterocycles. The minimum Gasteiger partial charge on any atom is -0.198 e. The zero-order chi connectivity index (χ0) is 14.4. The largest absolute Gasteiger partial charge is 0.198 e. The second-order valence-corrected chi connectivity index (χ2v) is 5.67. The molecular weight excluding hydrogens is 246 g/mol. The second kappa shape index (κ2) is 6.69. The molecule has 0 amide bonds. The van der Waals surface area contributed by atoms with Crippen molar-refractivity contribution in [2.24, 2.45) is 0 Å². The van der Waals surface area contributed by atoms with E-state index in [1.165, 1.54) is 11.1 Å². The van der Waals surface area contributed by atoms with Gasteiger partial charge in [0.1, 0.15) is 19.2 Å². The molecule has 1 unspecified atom stereocenters. The number of quaternary nitrogens is 1. The fourth-order valence-electron chi connectivity index (χ4n) is 2.12. The van der Waals surface area contributed by atoms with Crippen LogP contribution in [0.2, 0.25) is 0 Å². The summed E-state index contributed by atoms with van der Waals surface area (Å²) in [4.78, 5) is 6.22. The van der Waals surface area contributed by atoms with E-state index in [-0.39, 0.29) is 0 Å². The van der Waals surface area contributed by atoms with Gasteiger partial charge in [-0.3, -0.25) is 0 Å². The lowest BCUT2D eigenvalue weighted by Crippen LogP contribution is -2.48. The van der Waals surface area contributed by atoms with Crippen molar-refractivity contribution in [3.63, 3.8) is 0 Å². The summed E-state index contributed by atoms with van der Waals surface area (Å²) in [6, 6.07) is 21.3. The van der Waals surface area contributed by atoms with E-state index in [1.807, 2.05) is 12.1 Å². The fourth-order valence-corrected chi connectivity index (χ4v) is 2.12. The van der Waals surface area contributed by atoms with Crippen molar-refractivity contribution in [2.75, 3.05) is 7.05 Å². The van der Waals surface area contributed by atoms with Gasteiger partial charge in [-0.15, -0.1) is 0 Å². The lowest BCUT2D eigenvalue weighted by Gasteiger charge is -2.35. The maximum Gasteiger partial charge on any atom is 0.134 e. The molecule has 0 saturated carbocycles. The maximum absolute atomic E-state index is 6.22. The minimum absolute atomic E-state index is 0.402. The van der Waals surface area contributed by atoms with E-state index < -0.39 is 0 Å². The van der Waals surface area contributed by atoms with Crippen molar-refractivity contribution < 1.29 is 9.48 Å². The molecule has 0 N–H and O–H groups in total. The quantitative estimate of drug-likeness (QED) is 0.565. The van der Waals surface area contributed by atoms with Gasteiger partial charge in [0.25, 0.3) is 0 Å². The summed E-state index contributed by atoms with van der Waals surface area (Å²) in [5.41, 5.74) is 2.52. The van der Waals surface area contributed by atoms with Crippen molar-refractivity contribution in [1.82, 2.24) is 0 Å². The lowest BCUT2D eigenvalue weighted by molar-refractivity contribution is -1.12. The number of benzene rings is 2. The van der Waals surface area contributed by atoms with E-state index in [2.05, 4.69) is 69.4 Å². The zero-order valence-electron chi connectivity index (χ0n) is 12.6. The number of rotatable bonds is 6. The molecule has 2 heteroatoms. The number of hydrogen-bond acceptors (Lipinski definition) is 1. The van der Waals surface area contributed by atoms with Gasteiger partial charge in [0.15, 0.2) is 0 Å². The molecule has 2 nitrogen and oxygen atoms in total. The molecule has 0 spiro atoms. The molecule has 0 aliphatic heterocycles. The van der Waals surface area contributed by atoms with Crippen LogP contribution >= 0.6 is 0 Å². The second-order valence-electron chi connectivity index (χ2n) is 5.67. The SMILES string of the molecule is CC(C)[N+](C)(Cc1ccccc1)OCc1ccccc1. The average molecular weight is 270 g/mol. The maximum atomic E-state index is 6.22. The Morgan fingerprint density at radius 2 is 1.35 bits per heavy atom. The summed E-state index contributed by atoms with van der Waals surface area (Å²) in [6.07, 6.45) is 0. The summed E-state index contributed by atoms with van der Waals surface area (Å²) in [5.74, 6) is 0. The van der Waals surface area contributed by atoms with Gasteiger partial charge in [-0.05, 0) is 19.4 Å². The third-order valence-electron chi connectivity index (χ3n) is 3.80. The van der Waals surface area contributed by atoms with Gasteiger partial charge < -0.3 is 0 Å². The van der Waals surface area contributed by atoms with Gasteiger partial charge in [-0.2, -0.15) is 9.48 Å². The van der Waals surface area contributed by atoms with Gasteiger partial charge in [0.2, 0.25) is 0 Å². The third kappa shape index (κ3) is 3.92. The molecule has 20 heavy (non-hydrogen) atoms. The fraction of sp³-hybridized carbons (Fsp3) is 0.333. The topological polar surface area (TPSA) is 9.23 Å². The Morgan fingerprint density at radius 3 is 1.85 bits per heavy atom. The monoisotopic (exact) mass is 270 g/mol. The third-order valence-corrected chi connectivity index (χ3v) is 3.80. The molecule has 2 aromatic carbocycles. The van der Waals surface area contributed by atoms with Crippen LogP contribution in [-0.2, 0) is 18.0 Å². The smallest absolute Gasteiger partial charge is 0.134 e. The molecule has 2 aromatic rings. The number of nitrogens with zero attached hydrogens (tertiary/aromatic N) is 1. The van der Waals surface area contributed by atoms with Crippen molar-refractivity contribution in [2.45, 2.75) is 33.0 Å². The van der Waals surface area contributed by atoms with Crippen LogP contribution in [0.5, 0.6) is 0 Å². The first kappa shape index (κ1) is 14.8. The summed E-state index contributed by atoms with van der Waals surface area (Å²) in [5, 5.41) is 0. The highest BCUT2D eigenvalue weighted by Gasteiger charge is 2.28. The molecule has 0 radical (unpaired) electrons. The Morgan fingerprint density at radius 1 is 0.850 bits per heavy atom. The van der Waals surface area contributed by atoms with Crippen LogP contribution in [0, 0.1) is 0 Å². The lowest BCUT2D eigenvalue weighted by atomic mass is 10.2. The minimum atomic E-state index is 0.402. The Bertz CT molecular complexity index is 509. The molecule has 1 atom stereocenters. The summed E-state index contributed by atoms with van der Waals surface area (Å²) < 4.78 is 0.582. The summed E-state index contributed by atoms with van der Waals surface area (Å²) >= 11 is 0. The molecule has 106 valence electrons. The Hall–Kier alpha value is -1.64. The Labute approximate surface area is 122 Å². The van der Waals surface area contributed by atoms with Crippen LogP contribution in [0.1, 0.15) is 25.0 Å². The van der Waals surface area contributed by atoms with E-state index in [4.69, 9.17) is 4.84 Å². The molecule has 0 fully saturated rings. The van der Waals surface area contributed by atoms with Crippen molar-refractivity contribution in [3.8, 4) is 0 Å². The van der Waals surface area contributed by atoms with Gasteiger partial charge in [0.05, 0.1) is 7.05 Å².